The highest BCUT2D eigenvalue weighted by molar-refractivity contribution is 5.79. The molecule has 19 heavy (non-hydrogen) atoms. The molecule has 0 aliphatic rings. The van der Waals surface area contributed by atoms with Gasteiger partial charge in [0.15, 0.2) is 11.5 Å². The number of aromatic nitrogens is 3. The van der Waals surface area contributed by atoms with Crippen molar-refractivity contribution in [3.8, 4) is 11.3 Å². The number of benzene rings is 1. The van der Waals surface area contributed by atoms with Crippen LogP contribution in [0.5, 0.6) is 0 Å². The van der Waals surface area contributed by atoms with E-state index < -0.39 is 0 Å². The molecule has 98 valence electrons. The van der Waals surface area contributed by atoms with E-state index in [2.05, 4.69) is 21.5 Å². The molecular formula is C14H16N4O. The smallest absolute Gasteiger partial charge is 0.192 e. The van der Waals surface area contributed by atoms with Crippen LogP contribution in [0.2, 0.25) is 0 Å². The third-order valence-electron chi connectivity index (χ3n) is 3.13. The summed E-state index contributed by atoms with van der Waals surface area (Å²) in [7, 11) is 3.88. The first kappa shape index (κ1) is 11.9. The third kappa shape index (κ3) is 2.13. The molecule has 0 aliphatic heterocycles. The average molecular weight is 256 g/mol. The summed E-state index contributed by atoms with van der Waals surface area (Å²) >= 11 is 0. The monoisotopic (exact) mass is 256 g/mol. The summed E-state index contributed by atoms with van der Waals surface area (Å²) in [4.78, 5) is 4.30. The lowest BCUT2D eigenvalue weighted by Crippen LogP contribution is -2.09. The van der Waals surface area contributed by atoms with Gasteiger partial charge in [-0.1, -0.05) is 6.07 Å². The molecule has 0 atom stereocenters. The highest BCUT2D eigenvalue weighted by atomic mass is 16.3. The predicted molar refractivity (Wildman–Crippen MR) is 73.7 cm³/mol. The van der Waals surface area contributed by atoms with E-state index in [0.717, 1.165) is 34.6 Å². The van der Waals surface area contributed by atoms with Gasteiger partial charge in [-0.25, -0.2) is 4.98 Å². The van der Waals surface area contributed by atoms with E-state index in [9.17, 15) is 0 Å². The highest BCUT2D eigenvalue weighted by Gasteiger charge is 2.09. The van der Waals surface area contributed by atoms with Gasteiger partial charge in [0.1, 0.15) is 5.52 Å². The lowest BCUT2D eigenvalue weighted by Gasteiger charge is -1.97. The zero-order chi connectivity index (χ0) is 13.4. The zero-order valence-corrected chi connectivity index (χ0v) is 11.3. The van der Waals surface area contributed by atoms with E-state index in [1.165, 1.54) is 0 Å². The molecule has 2 heterocycles. The minimum absolute atomic E-state index is 0.684. The molecule has 0 amide bonds. The topological polar surface area (TPSA) is 55.9 Å². The number of nitrogens with zero attached hydrogens (tertiary/aromatic N) is 3. The first-order valence-corrected chi connectivity index (χ1v) is 6.22. The van der Waals surface area contributed by atoms with Crippen LogP contribution in [0.3, 0.4) is 0 Å². The molecule has 0 fully saturated rings. The number of hydrogen-bond acceptors (Lipinski definition) is 4. The molecule has 0 radical (unpaired) electrons. The van der Waals surface area contributed by atoms with Crippen LogP contribution in [0, 0.1) is 6.92 Å². The Kier molecular flexibility index (Phi) is 2.83. The maximum absolute atomic E-state index is 5.56. The molecular weight excluding hydrogens is 240 g/mol. The zero-order valence-electron chi connectivity index (χ0n) is 11.3. The Labute approximate surface area is 111 Å². The van der Waals surface area contributed by atoms with E-state index in [4.69, 9.17) is 4.42 Å². The summed E-state index contributed by atoms with van der Waals surface area (Å²) < 4.78 is 7.45. The second-order valence-corrected chi connectivity index (χ2v) is 4.59. The number of oxazole rings is 1. The van der Waals surface area contributed by atoms with E-state index in [0.29, 0.717) is 5.89 Å². The lowest BCUT2D eigenvalue weighted by molar-refractivity contribution is 0.561. The molecule has 0 unspecified atom stereocenters. The van der Waals surface area contributed by atoms with Crippen LogP contribution in [0.1, 0.15) is 11.6 Å². The van der Waals surface area contributed by atoms with Gasteiger partial charge < -0.3 is 9.73 Å². The lowest BCUT2D eigenvalue weighted by atomic mass is 10.1. The van der Waals surface area contributed by atoms with Crippen LogP contribution in [0.4, 0.5) is 0 Å². The summed E-state index contributed by atoms with van der Waals surface area (Å²) in [5.74, 6) is 0.684. The van der Waals surface area contributed by atoms with Crippen molar-refractivity contribution in [1.29, 1.82) is 0 Å². The maximum atomic E-state index is 5.56. The summed E-state index contributed by atoms with van der Waals surface area (Å²) in [6, 6.07) is 8.06. The van der Waals surface area contributed by atoms with Crippen molar-refractivity contribution in [1.82, 2.24) is 20.1 Å². The molecule has 2 aromatic heterocycles. The van der Waals surface area contributed by atoms with Crippen molar-refractivity contribution in [3.05, 3.63) is 35.9 Å². The van der Waals surface area contributed by atoms with Gasteiger partial charge in [-0.15, -0.1) is 0 Å². The van der Waals surface area contributed by atoms with Crippen LogP contribution >= 0.6 is 0 Å². The van der Waals surface area contributed by atoms with Gasteiger partial charge in [0.2, 0.25) is 0 Å². The Morgan fingerprint density at radius 3 is 2.95 bits per heavy atom. The van der Waals surface area contributed by atoms with Gasteiger partial charge in [0.05, 0.1) is 11.4 Å². The molecule has 1 aromatic carbocycles. The fourth-order valence-corrected chi connectivity index (χ4v) is 2.19. The SMILES string of the molecule is CNCc1cc(-c2ccc3nc(C)oc3c2)nn1C. The molecule has 0 aliphatic carbocycles. The van der Waals surface area contributed by atoms with Crippen LogP contribution in [-0.2, 0) is 13.6 Å². The average Bonchev–Trinajstić information content (AvgIpc) is 2.91. The van der Waals surface area contributed by atoms with Crippen LogP contribution in [-0.4, -0.2) is 21.8 Å². The Balaban J connectivity index is 2.05. The van der Waals surface area contributed by atoms with Gasteiger partial charge in [0.25, 0.3) is 0 Å². The number of fused-ring (bicyclic) bond motifs is 1. The number of rotatable bonds is 3. The van der Waals surface area contributed by atoms with Crippen molar-refractivity contribution in [3.63, 3.8) is 0 Å². The number of nitrogens with one attached hydrogen (secondary N) is 1. The Bertz CT molecular complexity index is 726. The van der Waals surface area contributed by atoms with Crippen LogP contribution < -0.4 is 5.32 Å². The molecule has 3 rings (SSSR count). The Morgan fingerprint density at radius 1 is 1.32 bits per heavy atom. The standard InChI is InChI=1S/C14H16N4O/c1-9-16-12-5-4-10(6-14(12)19-9)13-7-11(8-15-2)18(3)17-13/h4-7,15H,8H2,1-3H3. The van der Waals surface area contributed by atoms with E-state index >= 15 is 0 Å². The van der Waals surface area contributed by atoms with Crippen molar-refractivity contribution >= 4 is 11.1 Å². The molecule has 3 aromatic rings. The highest BCUT2D eigenvalue weighted by Crippen LogP contribution is 2.24. The minimum Gasteiger partial charge on any atom is -0.441 e. The third-order valence-corrected chi connectivity index (χ3v) is 3.13. The summed E-state index contributed by atoms with van der Waals surface area (Å²) in [5.41, 5.74) is 4.82. The fraction of sp³-hybridized carbons (Fsp3) is 0.286. The first-order valence-electron chi connectivity index (χ1n) is 6.22. The fourth-order valence-electron chi connectivity index (χ4n) is 2.19. The molecule has 1 N–H and O–H groups in total. The quantitative estimate of drug-likeness (QED) is 0.781. The van der Waals surface area contributed by atoms with Gasteiger partial charge in [0, 0.05) is 26.1 Å². The van der Waals surface area contributed by atoms with Gasteiger partial charge in [-0.2, -0.15) is 5.10 Å². The summed E-state index contributed by atoms with van der Waals surface area (Å²) in [6.07, 6.45) is 0. The predicted octanol–water partition coefficient (Wildman–Crippen LogP) is 2.26. The van der Waals surface area contributed by atoms with Crippen molar-refractivity contribution in [2.24, 2.45) is 7.05 Å². The van der Waals surface area contributed by atoms with Gasteiger partial charge in [-0.05, 0) is 25.2 Å². The first-order chi connectivity index (χ1) is 9.17. The van der Waals surface area contributed by atoms with E-state index in [1.807, 2.05) is 43.9 Å². The molecule has 0 saturated carbocycles. The second-order valence-electron chi connectivity index (χ2n) is 4.59. The Morgan fingerprint density at radius 2 is 2.16 bits per heavy atom. The van der Waals surface area contributed by atoms with E-state index in [1.54, 1.807) is 0 Å². The van der Waals surface area contributed by atoms with Crippen molar-refractivity contribution in [2.75, 3.05) is 7.05 Å². The molecule has 5 nitrogen and oxygen atoms in total. The van der Waals surface area contributed by atoms with Crippen LogP contribution in [0.15, 0.2) is 28.7 Å². The van der Waals surface area contributed by atoms with Crippen LogP contribution in [0.25, 0.3) is 22.4 Å². The Hall–Kier alpha value is -2.14. The van der Waals surface area contributed by atoms with Crippen molar-refractivity contribution < 1.29 is 4.42 Å². The van der Waals surface area contributed by atoms with Crippen molar-refractivity contribution in [2.45, 2.75) is 13.5 Å². The van der Waals surface area contributed by atoms with Gasteiger partial charge >= 0.3 is 0 Å². The molecule has 5 heteroatoms. The van der Waals surface area contributed by atoms with E-state index in [-0.39, 0.29) is 0 Å². The molecule has 0 bridgehead atoms. The maximum Gasteiger partial charge on any atom is 0.192 e. The summed E-state index contributed by atoms with van der Waals surface area (Å²) in [5, 5.41) is 7.66. The van der Waals surface area contributed by atoms with Gasteiger partial charge in [-0.3, -0.25) is 4.68 Å². The minimum atomic E-state index is 0.684. The molecule has 0 saturated heterocycles. The number of hydrogen-bond donors (Lipinski definition) is 1. The second kappa shape index (κ2) is 4.51. The molecule has 0 spiro atoms. The normalized spacial score (nSPS) is 11.3. The largest absolute Gasteiger partial charge is 0.441 e. The summed E-state index contributed by atoms with van der Waals surface area (Å²) in [6.45, 7) is 2.65. The number of aryl methyl sites for hydroxylation is 2.